The molecule has 0 bridgehead atoms. The van der Waals surface area contributed by atoms with E-state index in [9.17, 15) is 4.79 Å². The molecule has 0 aliphatic carbocycles. The van der Waals surface area contributed by atoms with Gasteiger partial charge in [0.15, 0.2) is 0 Å². The lowest BCUT2D eigenvalue weighted by Crippen LogP contribution is -2.22. The topological polar surface area (TPSA) is 29.5 Å². The molecule has 0 rings (SSSR count). The molecule has 0 unspecified atom stereocenters. The molecule has 0 aromatic heterocycles. The monoisotopic (exact) mass is 219 g/mol. The highest BCUT2D eigenvalue weighted by molar-refractivity contribution is 6.25. The lowest BCUT2D eigenvalue weighted by Gasteiger charge is -2.15. The van der Waals surface area contributed by atoms with Gasteiger partial charge in [0.2, 0.25) is 0 Å². The van der Waals surface area contributed by atoms with Crippen LogP contribution in [-0.4, -0.2) is 38.1 Å². The minimum absolute atomic E-state index is 0.150. The number of ether oxygens (including phenoxy) is 1. The van der Waals surface area contributed by atoms with Gasteiger partial charge in [0.1, 0.15) is 0 Å². The van der Waals surface area contributed by atoms with Crippen molar-refractivity contribution in [2.75, 3.05) is 27.2 Å². The Hall–Kier alpha value is -0.540. The maximum Gasteiger partial charge on any atom is 0.305 e. The molecule has 0 spiro atoms. The predicted octanol–water partition coefficient (Wildman–Crippen LogP) is 2.01. The summed E-state index contributed by atoms with van der Waals surface area (Å²) < 4.78 is 4.54. The molecular formula is C10H18ClNO2. The molecule has 0 heterocycles. The number of carbonyl (C=O) groups excluding carboxylic acids is 1. The van der Waals surface area contributed by atoms with Gasteiger partial charge in [-0.3, -0.25) is 4.79 Å². The third kappa shape index (κ3) is 6.92. The predicted molar refractivity (Wildman–Crippen MR) is 58.4 cm³/mol. The molecule has 0 aromatic carbocycles. The molecule has 3 nitrogen and oxygen atoms in total. The second kappa shape index (κ2) is 7.83. The van der Waals surface area contributed by atoms with Gasteiger partial charge in [-0.2, -0.15) is 0 Å². The fourth-order valence-corrected chi connectivity index (χ4v) is 1.20. The molecule has 0 fully saturated rings. The number of halogens is 1. The second-order valence-corrected chi connectivity index (χ2v) is 3.59. The van der Waals surface area contributed by atoms with Crippen LogP contribution in [-0.2, 0) is 9.53 Å². The Labute approximate surface area is 90.7 Å². The zero-order chi connectivity index (χ0) is 11.0. The largest absolute Gasteiger partial charge is 0.469 e. The zero-order valence-corrected chi connectivity index (χ0v) is 9.80. The van der Waals surface area contributed by atoms with Crippen LogP contribution < -0.4 is 0 Å². The SMILES string of the molecule is COC(=O)CCCN(C)CC(C)=CCl. The van der Waals surface area contributed by atoms with Crippen LogP contribution in [0, 0.1) is 0 Å². The lowest BCUT2D eigenvalue weighted by molar-refractivity contribution is -0.140. The van der Waals surface area contributed by atoms with Crippen LogP contribution in [0.3, 0.4) is 0 Å². The van der Waals surface area contributed by atoms with Crippen LogP contribution in [0.2, 0.25) is 0 Å². The van der Waals surface area contributed by atoms with E-state index in [4.69, 9.17) is 11.6 Å². The Kier molecular flexibility index (Phi) is 7.52. The molecular weight excluding hydrogens is 202 g/mol. The molecule has 0 aliphatic heterocycles. The van der Waals surface area contributed by atoms with Gasteiger partial charge in [-0.1, -0.05) is 11.6 Å². The second-order valence-electron chi connectivity index (χ2n) is 3.37. The van der Waals surface area contributed by atoms with Gasteiger partial charge in [0, 0.05) is 18.5 Å². The van der Waals surface area contributed by atoms with E-state index in [-0.39, 0.29) is 5.97 Å². The van der Waals surface area contributed by atoms with Gasteiger partial charge in [-0.15, -0.1) is 0 Å². The average molecular weight is 220 g/mol. The Balaban J connectivity index is 3.54. The van der Waals surface area contributed by atoms with E-state index in [0.29, 0.717) is 6.42 Å². The minimum atomic E-state index is -0.150. The normalized spacial score (nSPS) is 11.9. The first-order valence-corrected chi connectivity index (χ1v) is 5.05. The number of carbonyl (C=O) groups is 1. The van der Waals surface area contributed by atoms with Crippen molar-refractivity contribution in [1.29, 1.82) is 0 Å². The summed E-state index contributed by atoms with van der Waals surface area (Å²) in [4.78, 5) is 12.9. The van der Waals surface area contributed by atoms with E-state index in [0.717, 1.165) is 25.1 Å². The number of hydrogen-bond acceptors (Lipinski definition) is 3. The van der Waals surface area contributed by atoms with Gasteiger partial charge in [0.05, 0.1) is 7.11 Å². The van der Waals surface area contributed by atoms with E-state index in [1.807, 2.05) is 14.0 Å². The number of rotatable bonds is 6. The Bertz CT molecular complexity index is 204. The first kappa shape index (κ1) is 13.5. The van der Waals surface area contributed by atoms with Gasteiger partial charge >= 0.3 is 5.97 Å². The molecule has 82 valence electrons. The maximum atomic E-state index is 10.8. The van der Waals surface area contributed by atoms with Crippen molar-refractivity contribution >= 4 is 17.6 Å². The molecule has 0 N–H and O–H groups in total. The van der Waals surface area contributed by atoms with Crippen LogP contribution in [0.5, 0.6) is 0 Å². The third-order valence-electron chi connectivity index (χ3n) is 1.85. The smallest absolute Gasteiger partial charge is 0.305 e. The van der Waals surface area contributed by atoms with Gasteiger partial charge in [-0.25, -0.2) is 0 Å². The lowest BCUT2D eigenvalue weighted by atomic mass is 10.2. The van der Waals surface area contributed by atoms with Gasteiger partial charge in [0.25, 0.3) is 0 Å². The molecule has 0 amide bonds. The summed E-state index contributed by atoms with van der Waals surface area (Å²) in [5.41, 5.74) is 2.70. The standard InChI is InChI=1S/C10H18ClNO2/c1-9(7-11)8-12(2)6-4-5-10(13)14-3/h7H,4-6,8H2,1-3H3. The number of esters is 1. The summed E-state index contributed by atoms with van der Waals surface area (Å²) in [5, 5.41) is 0. The van der Waals surface area contributed by atoms with E-state index >= 15 is 0 Å². The first-order chi connectivity index (χ1) is 6.60. The highest BCUT2D eigenvalue weighted by Gasteiger charge is 2.02. The van der Waals surface area contributed by atoms with Gasteiger partial charge < -0.3 is 9.64 Å². The van der Waals surface area contributed by atoms with Crippen molar-refractivity contribution < 1.29 is 9.53 Å². The zero-order valence-electron chi connectivity index (χ0n) is 9.05. The summed E-state index contributed by atoms with van der Waals surface area (Å²) in [6.45, 7) is 3.69. The molecule has 0 atom stereocenters. The number of nitrogens with zero attached hydrogens (tertiary/aromatic N) is 1. The van der Waals surface area contributed by atoms with Crippen LogP contribution >= 0.6 is 11.6 Å². The average Bonchev–Trinajstić information content (AvgIpc) is 2.17. The molecule has 0 aromatic rings. The van der Waals surface area contributed by atoms with Crippen LogP contribution in [0.25, 0.3) is 0 Å². The first-order valence-electron chi connectivity index (χ1n) is 4.61. The van der Waals surface area contributed by atoms with Crippen LogP contribution in [0.1, 0.15) is 19.8 Å². The van der Waals surface area contributed by atoms with E-state index < -0.39 is 0 Å². The van der Waals surface area contributed by atoms with Crippen molar-refractivity contribution in [3.8, 4) is 0 Å². The molecule has 0 saturated carbocycles. The number of likely N-dealkylation sites (N-methyl/N-ethyl adjacent to an activating group) is 1. The summed E-state index contributed by atoms with van der Waals surface area (Å²) >= 11 is 5.54. The third-order valence-corrected chi connectivity index (χ3v) is 2.23. The molecule has 0 saturated heterocycles. The fourth-order valence-electron chi connectivity index (χ4n) is 1.13. The van der Waals surface area contributed by atoms with Crippen molar-refractivity contribution in [2.24, 2.45) is 0 Å². The molecule has 14 heavy (non-hydrogen) atoms. The Morgan fingerprint density at radius 1 is 1.57 bits per heavy atom. The highest BCUT2D eigenvalue weighted by Crippen LogP contribution is 2.00. The quantitative estimate of drug-likeness (QED) is 0.641. The van der Waals surface area contributed by atoms with Crippen molar-refractivity contribution in [1.82, 2.24) is 4.90 Å². The van der Waals surface area contributed by atoms with E-state index in [2.05, 4.69) is 9.64 Å². The molecule has 0 radical (unpaired) electrons. The van der Waals surface area contributed by atoms with Crippen molar-refractivity contribution in [3.05, 3.63) is 11.1 Å². The molecule has 4 heteroatoms. The number of methoxy groups -OCH3 is 1. The highest BCUT2D eigenvalue weighted by atomic mass is 35.5. The summed E-state index contributed by atoms with van der Waals surface area (Å²) in [6.07, 6.45) is 1.29. The van der Waals surface area contributed by atoms with Crippen molar-refractivity contribution in [2.45, 2.75) is 19.8 Å². The van der Waals surface area contributed by atoms with Crippen molar-refractivity contribution in [3.63, 3.8) is 0 Å². The van der Waals surface area contributed by atoms with Gasteiger partial charge in [-0.05, 0) is 32.5 Å². The Morgan fingerprint density at radius 3 is 2.71 bits per heavy atom. The summed E-state index contributed by atoms with van der Waals surface area (Å²) in [6, 6.07) is 0. The number of hydrogen-bond donors (Lipinski definition) is 0. The summed E-state index contributed by atoms with van der Waals surface area (Å²) in [5.74, 6) is -0.150. The fraction of sp³-hybridized carbons (Fsp3) is 0.700. The van der Waals surface area contributed by atoms with E-state index in [1.165, 1.54) is 7.11 Å². The minimum Gasteiger partial charge on any atom is -0.469 e. The maximum absolute atomic E-state index is 10.8. The van der Waals surface area contributed by atoms with Crippen LogP contribution in [0.15, 0.2) is 11.1 Å². The summed E-state index contributed by atoms with van der Waals surface area (Å²) in [7, 11) is 3.41. The van der Waals surface area contributed by atoms with E-state index in [1.54, 1.807) is 5.54 Å². The Morgan fingerprint density at radius 2 is 2.21 bits per heavy atom. The van der Waals surface area contributed by atoms with Crippen LogP contribution in [0.4, 0.5) is 0 Å². The molecule has 0 aliphatic rings.